The van der Waals surface area contributed by atoms with Crippen molar-refractivity contribution in [2.45, 2.75) is 6.10 Å². The van der Waals surface area contributed by atoms with Crippen molar-refractivity contribution in [2.75, 3.05) is 6.61 Å². The number of ketones is 2. The number of hydrogen-bond donors (Lipinski definition) is 0. The highest BCUT2D eigenvalue weighted by Gasteiger charge is 2.32. The third-order valence-electron chi connectivity index (χ3n) is 1.78. The van der Waals surface area contributed by atoms with Gasteiger partial charge in [-0.15, -0.1) is 0 Å². The Hall–Kier alpha value is -1.22. The Morgan fingerprint density at radius 1 is 1.45 bits per heavy atom. The molecule has 1 fully saturated rings. The minimum atomic E-state index is -0.448. The van der Waals surface area contributed by atoms with E-state index in [9.17, 15) is 9.59 Å². The van der Waals surface area contributed by atoms with Gasteiger partial charge in [-0.05, 0) is 0 Å². The summed E-state index contributed by atoms with van der Waals surface area (Å²) in [7, 11) is 0. The van der Waals surface area contributed by atoms with Crippen molar-refractivity contribution >= 4 is 11.6 Å². The maximum Gasteiger partial charge on any atom is 0.229 e. The molecule has 1 atom stereocenters. The number of hydrogen-bond acceptors (Lipinski definition) is 3. The number of ether oxygens (including phenoxy) is 1. The second kappa shape index (κ2) is 2.13. The van der Waals surface area contributed by atoms with Gasteiger partial charge in [0.2, 0.25) is 11.6 Å². The lowest BCUT2D eigenvalue weighted by molar-refractivity contribution is -0.141. The summed E-state index contributed by atoms with van der Waals surface area (Å²) in [5.41, 5.74) is 0.473. The predicted octanol–water partition coefficient (Wildman–Crippen LogP) is 0.0196. The molecular formula is C8H6O3. The molecule has 0 aromatic heterocycles. The number of Topliss-reactive ketones (excluding diaryl/α,β-unsaturated/α-hetero) is 2. The van der Waals surface area contributed by atoms with Crippen LogP contribution in [-0.4, -0.2) is 24.3 Å². The Labute approximate surface area is 63.3 Å². The SMILES string of the molecule is O=C1COC2C=CC=C2C1=O. The number of carbonyl (C=O) groups is 2. The van der Waals surface area contributed by atoms with Crippen LogP contribution in [0.15, 0.2) is 23.8 Å². The van der Waals surface area contributed by atoms with Crippen LogP contribution >= 0.6 is 0 Å². The predicted molar refractivity (Wildman–Crippen MR) is 37.0 cm³/mol. The Morgan fingerprint density at radius 3 is 3.09 bits per heavy atom. The van der Waals surface area contributed by atoms with E-state index in [0.29, 0.717) is 5.57 Å². The van der Waals surface area contributed by atoms with Gasteiger partial charge in [0.05, 0.1) is 0 Å². The highest BCUT2D eigenvalue weighted by atomic mass is 16.5. The summed E-state index contributed by atoms with van der Waals surface area (Å²) in [6.07, 6.45) is 4.86. The topological polar surface area (TPSA) is 43.4 Å². The second-order valence-corrected chi connectivity index (χ2v) is 2.49. The van der Waals surface area contributed by atoms with Gasteiger partial charge in [0.1, 0.15) is 12.7 Å². The van der Waals surface area contributed by atoms with Gasteiger partial charge in [0, 0.05) is 5.57 Å². The van der Waals surface area contributed by atoms with Gasteiger partial charge < -0.3 is 4.74 Å². The Kier molecular flexibility index (Phi) is 1.26. The van der Waals surface area contributed by atoms with Gasteiger partial charge in [-0.3, -0.25) is 9.59 Å². The molecule has 1 aliphatic carbocycles. The molecule has 0 aromatic carbocycles. The molecule has 0 spiro atoms. The van der Waals surface area contributed by atoms with Crippen molar-refractivity contribution < 1.29 is 14.3 Å². The van der Waals surface area contributed by atoms with E-state index < -0.39 is 11.6 Å². The summed E-state index contributed by atoms with van der Waals surface area (Å²) < 4.78 is 5.06. The Bertz CT molecular complexity index is 286. The summed E-state index contributed by atoms with van der Waals surface area (Å²) in [6.45, 7) is -0.0782. The molecule has 0 aromatic rings. The average Bonchev–Trinajstić information content (AvgIpc) is 2.45. The zero-order valence-corrected chi connectivity index (χ0v) is 5.74. The standard InChI is InChI=1S/C8H6O3/c9-6-4-11-7-3-1-2-5(7)8(6)10/h1-3,7H,4H2. The van der Waals surface area contributed by atoms with Gasteiger partial charge in [0.15, 0.2) is 0 Å². The molecule has 3 nitrogen and oxygen atoms in total. The molecule has 1 aliphatic heterocycles. The van der Waals surface area contributed by atoms with E-state index in [1.54, 1.807) is 18.2 Å². The normalized spacial score (nSPS) is 28.7. The van der Waals surface area contributed by atoms with E-state index in [1.807, 2.05) is 0 Å². The minimum absolute atomic E-state index is 0.0782. The molecule has 2 rings (SSSR count). The molecule has 56 valence electrons. The fourth-order valence-corrected chi connectivity index (χ4v) is 1.20. The first kappa shape index (κ1) is 6.49. The summed E-state index contributed by atoms with van der Waals surface area (Å²) >= 11 is 0. The first-order valence-electron chi connectivity index (χ1n) is 3.36. The summed E-state index contributed by atoms with van der Waals surface area (Å²) in [4.78, 5) is 21.9. The summed E-state index contributed by atoms with van der Waals surface area (Å²) in [5, 5.41) is 0. The molecule has 0 amide bonds. The van der Waals surface area contributed by atoms with Gasteiger partial charge >= 0.3 is 0 Å². The van der Waals surface area contributed by atoms with Crippen LogP contribution in [0.5, 0.6) is 0 Å². The molecule has 0 saturated carbocycles. The van der Waals surface area contributed by atoms with E-state index in [4.69, 9.17) is 4.74 Å². The first-order chi connectivity index (χ1) is 5.29. The molecule has 3 heteroatoms. The van der Waals surface area contributed by atoms with Crippen molar-refractivity contribution in [3.63, 3.8) is 0 Å². The van der Waals surface area contributed by atoms with Crippen LogP contribution in [0.2, 0.25) is 0 Å². The largest absolute Gasteiger partial charge is 0.361 e. The smallest absolute Gasteiger partial charge is 0.229 e. The lowest BCUT2D eigenvalue weighted by Gasteiger charge is -2.17. The molecule has 0 N–H and O–H groups in total. The van der Waals surface area contributed by atoms with Gasteiger partial charge in [0.25, 0.3) is 0 Å². The average molecular weight is 150 g/mol. The van der Waals surface area contributed by atoms with E-state index in [1.165, 1.54) is 0 Å². The van der Waals surface area contributed by atoms with Crippen molar-refractivity contribution in [1.29, 1.82) is 0 Å². The third-order valence-corrected chi connectivity index (χ3v) is 1.78. The minimum Gasteiger partial charge on any atom is -0.361 e. The van der Waals surface area contributed by atoms with E-state index in [2.05, 4.69) is 0 Å². The van der Waals surface area contributed by atoms with Crippen LogP contribution in [0.4, 0.5) is 0 Å². The van der Waals surface area contributed by atoms with Crippen LogP contribution in [-0.2, 0) is 14.3 Å². The maximum atomic E-state index is 11.1. The molecule has 1 heterocycles. The quantitative estimate of drug-likeness (QED) is 0.457. The zero-order valence-electron chi connectivity index (χ0n) is 5.74. The Balaban J connectivity index is 2.34. The monoisotopic (exact) mass is 150 g/mol. The van der Waals surface area contributed by atoms with Crippen molar-refractivity contribution in [3.8, 4) is 0 Å². The lowest BCUT2D eigenvalue weighted by Crippen LogP contribution is -2.34. The highest BCUT2D eigenvalue weighted by Crippen LogP contribution is 2.20. The molecular weight excluding hydrogens is 144 g/mol. The Morgan fingerprint density at radius 2 is 2.27 bits per heavy atom. The van der Waals surface area contributed by atoms with Crippen LogP contribution < -0.4 is 0 Å². The zero-order chi connectivity index (χ0) is 7.84. The fraction of sp³-hybridized carbons (Fsp3) is 0.250. The first-order valence-corrected chi connectivity index (χ1v) is 3.36. The molecule has 1 unspecified atom stereocenters. The summed E-state index contributed by atoms with van der Waals surface area (Å²) in [5.74, 6) is -0.845. The number of allylic oxidation sites excluding steroid dienone is 2. The highest BCUT2D eigenvalue weighted by molar-refractivity contribution is 6.45. The fourth-order valence-electron chi connectivity index (χ4n) is 1.20. The van der Waals surface area contributed by atoms with E-state index in [-0.39, 0.29) is 12.7 Å². The molecule has 2 aliphatic rings. The maximum absolute atomic E-state index is 11.1. The van der Waals surface area contributed by atoms with E-state index in [0.717, 1.165) is 0 Å². The van der Waals surface area contributed by atoms with Crippen LogP contribution in [0.3, 0.4) is 0 Å². The number of carbonyl (C=O) groups excluding carboxylic acids is 2. The van der Waals surface area contributed by atoms with Crippen molar-refractivity contribution in [1.82, 2.24) is 0 Å². The van der Waals surface area contributed by atoms with Gasteiger partial charge in [-0.2, -0.15) is 0 Å². The third kappa shape index (κ3) is 0.851. The van der Waals surface area contributed by atoms with Crippen molar-refractivity contribution in [3.05, 3.63) is 23.8 Å². The molecule has 0 radical (unpaired) electrons. The van der Waals surface area contributed by atoms with Crippen molar-refractivity contribution in [2.24, 2.45) is 0 Å². The number of fused-ring (bicyclic) bond motifs is 1. The lowest BCUT2D eigenvalue weighted by atomic mass is 10.0. The van der Waals surface area contributed by atoms with E-state index >= 15 is 0 Å². The van der Waals surface area contributed by atoms with Crippen LogP contribution in [0.1, 0.15) is 0 Å². The van der Waals surface area contributed by atoms with Crippen LogP contribution in [0, 0.1) is 0 Å². The van der Waals surface area contributed by atoms with Crippen LogP contribution in [0.25, 0.3) is 0 Å². The molecule has 11 heavy (non-hydrogen) atoms. The molecule has 0 bridgehead atoms. The number of rotatable bonds is 0. The molecule has 1 saturated heterocycles. The summed E-state index contributed by atoms with van der Waals surface area (Å²) in [6, 6.07) is 0. The van der Waals surface area contributed by atoms with Gasteiger partial charge in [-0.1, -0.05) is 18.2 Å². The van der Waals surface area contributed by atoms with Gasteiger partial charge in [-0.25, -0.2) is 0 Å². The second-order valence-electron chi connectivity index (χ2n) is 2.49.